The Morgan fingerprint density at radius 2 is 1.82 bits per heavy atom. The summed E-state index contributed by atoms with van der Waals surface area (Å²) in [6.45, 7) is 1.42. The van der Waals surface area contributed by atoms with Gasteiger partial charge in [0.1, 0.15) is 0 Å². The molecule has 1 unspecified atom stereocenters. The third kappa shape index (κ3) is 7.30. The van der Waals surface area contributed by atoms with Gasteiger partial charge in [-0.1, -0.05) is 13.0 Å². The van der Waals surface area contributed by atoms with Gasteiger partial charge in [-0.05, 0) is 39.3 Å². The minimum Gasteiger partial charge on any atom is -0.478 e. The van der Waals surface area contributed by atoms with Gasteiger partial charge in [0.05, 0.1) is 11.1 Å². The van der Waals surface area contributed by atoms with E-state index in [1.807, 2.05) is 26.0 Å². The van der Waals surface area contributed by atoms with Crippen molar-refractivity contribution in [2.24, 2.45) is 0 Å². The summed E-state index contributed by atoms with van der Waals surface area (Å²) in [5.74, 6) is -2.20. The molecule has 8 heteroatoms. The van der Waals surface area contributed by atoms with Crippen molar-refractivity contribution in [1.82, 2.24) is 4.90 Å². The lowest BCUT2D eigenvalue weighted by Crippen LogP contribution is -2.32. The maximum atomic E-state index is 13.6. The fourth-order valence-corrected chi connectivity index (χ4v) is 1.33. The van der Waals surface area contributed by atoms with Gasteiger partial charge in [-0.15, -0.1) is 0 Å². The van der Waals surface area contributed by atoms with Gasteiger partial charge in [0, 0.05) is 6.42 Å². The fraction of sp³-hybridized carbons (Fsp3) is 0.429. The summed E-state index contributed by atoms with van der Waals surface area (Å²) in [5, 5.41) is 8.76. The van der Waals surface area contributed by atoms with Crippen molar-refractivity contribution in [2.75, 3.05) is 21.1 Å². The topological polar surface area (TPSA) is 76.1 Å². The lowest BCUT2D eigenvalue weighted by Gasteiger charge is -2.21. The molecule has 1 rings (SSSR count). The Hall–Kier alpha value is -1.77. The highest BCUT2D eigenvalue weighted by Gasteiger charge is 2.32. The predicted octanol–water partition coefficient (Wildman–Crippen LogP) is 1.85. The van der Waals surface area contributed by atoms with Gasteiger partial charge < -0.3 is 19.2 Å². The van der Waals surface area contributed by atoms with Crippen molar-refractivity contribution in [2.45, 2.75) is 19.4 Å². The van der Waals surface area contributed by atoms with E-state index in [-0.39, 0.29) is 17.5 Å². The van der Waals surface area contributed by atoms with Crippen molar-refractivity contribution >= 4 is 22.4 Å². The molecule has 0 saturated heterocycles. The van der Waals surface area contributed by atoms with Crippen LogP contribution in [0.25, 0.3) is 0 Å². The van der Waals surface area contributed by atoms with Crippen molar-refractivity contribution in [3.63, 3.8) is 0 Å². The summed E-state index contributed by atoms with van der Waals surface area (Å²) < 4.78 is 22.3. The maximum absolute atomic E-state index is 13.6. The number of halogens is 1. The number of alkyl halides is 1. The summed E-state index contributed by atoms with van der Waals surface area (Å²) in [6.07, 6.45) is -0.221. The van der Waals surface area contributed by atoms with E-state index in [1.165, 1.54) is 25.1 Å². The quantitative estimate of drug-likeness (QED) is 0.505. The Morgan fingerprint density at radius 3 is 2.23 bits per heavy atom. The molecule has 3 radical (unpaired) electrons. The third-order valence-electron chi connectivity index (χ3n) is 2.17. The molecule has 1 atom stereocenters. The van der Waals surface area contributed by atoms with Crippen molar-refractivity contribution in [3.05, 3.63) is 35.4 Å². The van der Waals surface area contributed by atoms with Gasteiger partial charge in [-0.3, -0.25) is 0 Å². The maximum Gasteiger partial charge on any atom is 0.355 e. The highest BCUT2D eigenvalue weighted by atomic mass is 28.2. The number of nitrogens with zero attached hydrogens (tertiary/aromatic N) is 1. The Kier molecular flexibility index (Phi) is 8.54. The monoisotopic (exact) mass is 328 g/mol. The fourth-order valence-electron chi connectivity index (χ4n) is 1.14. The van der Waals surface area contributed by atoms with Crippen LogP contribution in [0.2, 0.25) is 0 Å². The molecule has 0 aliphatic carbocycles. The minimum absolute atomic E-state index is 0.0749. The lowest BCUT2D eigenvalue weighted by atomic mass is 10.1. The zero-order chi connectivity index (χ0) is 17.3. The average Bonchev–Trinajstić information content (AvgIpc) is 2.46. The molecule has 121 valence electrons. The summed E-state index contributed by atoms with van der Waals surface area (Å²) >= 11 is 0. The van der Waals surface area contributed by atoms with Crippen LogP contribution in [0.3, 0.4) is 0 Å². The summed E-state index contributed by atoms with van der Waals surface area (Å²) in [7, 11) is 8.47. The highest BCUT2D eigenvalue weighted by Crippen LogP contribution is 2.20. The zero-order valence-corrected chi connectivity index (χ0v) is 13.9. The molecule has 0 aliphatic rings. The van der Waals surface area contributed by atoms with Gasteiger partial charge in [0.15, 0.2) is 0 Å². The van der Waals surface area contributed by atoms with Crippen molar-refractivity contribution in [3.8, 4) is 0 Å². The Balaban J connectivity index is 0.000000980. The molecular weight excluding hydrogens is 309 g/mol. The van der Waals surface area contributed by atoms with E-state index < -0.39 is 18.0 Å². The van der Waals surface area contributed by atoms with Crippen LogP contribution in [-0.4, -0.2) is 59.6 Å². The molecule has 22 heavy (non-hydrogen) atoms. The van der Waals surface area contributed by atoms with Gasteiger partial charge in [-0.2, -0.15) is 4.39 Å². The molecule has 0 aliphatic heterocycles. The number of hydrogen-bond donors (Lipinski definition) is 1. The second-order valence-corrected chi connectivity index (χ2v) is 4.94. The van der Waals surface area contributed by atoms with E-state index in [9.17, 15) is 14.0 Å². The Bertz CT molecular complexity index is 503. The molecule has 0 aromatic heterocycles. The van der Waals surface area contributed by atoms with Gasteiger partial charge in [-0.25, -0.2) is 9.59 Å². The molecule has 1 N–H and O–H groups in total. The van der Waals surface area contributed by atoms with E-state index in [4.69, 9.17) is 5.11 Å². The average molecular weight is 328 g/mol. The molecule has 0 heterocycles. The minimum atomic E-state index is -2.59. The van der Waals surface area contributed by atoms with Crippen LogP contribution in [0.4, 0.5) is 4.39 Å². The summed E-state index contributed by atoms with van der Waals surface area (Å²) in [5.41, 5.74) is -0.168. The number of carbonyl (C=O) groups is 2. The number of ether oxygens (including phenoxy) is 1. The van der Waals surface area contributed by atoms with Gasteiger partial charge in [0.25, 0.3) is 10.5 Å². The smallest absolute Gasteiger partial charge is 0.355 e. The molecular formula is C14H19FNO5Si. The summed E-state index contributed by atoms with van der Waals surface area (Å²) in [6, 6.07) is 2.49. The number of benzene rings is 1. The number of aromatic carboxylic acids is 1. The van der Waals surface area contributed by atoms with E-state index in [0.29, 0.717) is 0 Å². The lowest BCUT2D eigenvalue weighted by molar-refractivity contribution is -0.236. The first kappa shape index (κ1) is 20.2. The number of carbonyl (C=O) groups excluding carboxylic acids is 1. The first-order valence-electron chi connectivity index (χ1n) is 6.36. The Morgan fingerprint density at radius 1 is 1.32 bits per heavy atom. The zero-order valence-electron chi connectivity index (χ0n) is 12.9. The molecule has 0 fully saturated rings. The van der Waals surface area contributed by atoms with Crippen LogP contribution in [0.5, 0.6) is 0 Å². The van der Waals surface area contributed by atoms with E-state index in [0.717, 1.165) is 6.07 Å². The van der Waals surface area contributed by atoms with Crippen LogP contribution < -0.4 is 0 Å². The van der Waals surface area contributed by atoms with Crippen molar-refractivity contribution < 1.29 is 28.2 Å². The van der Waals surface area contributed by atoms with E-state index in [1.54, 1.807) is 0 Å². The number of rotatable bonds is 5. The Labute approximate surface area is 132 Å². The molecule has 0 bridgehead atoms. The number of hydrogen-bond acceptors (Lipinski definition) is 5. The molecule has 6 nitrogen and oxygen atoms in total. The molecule has 1 aromatic carbocycles. The second-order valence-electron chi connectivity index (χ2n) is 4.73. The number of carboxylic acid groups (broad SMARTS) is 1. The van der Waals surface area contributed by atoms with Crippen LogP contribution in [0, 0.1) is 0 Å². The predicted molar refractivity (Wildman–Crippen MR) is 79.4 cm³/mol. The number of esters is 1. The van der Waals surface area contributed by atoms with Crippen LogP contribution >= 0.6 is 0 Å². The van der Waals surface area contributed by atoms with Crippen LogP contribution in [0.1, 0.15) is 34.1 Å². The second kappa shape index (κ2) is 9.29. The number of carboxylic acids is 1. The molecule has 0 saturated carbocycles. The third-order valence-corrected chi connectivity index (χ3v) is 2.47. The normalized spacial score (nSPS) is 12.9. The highest BCUT2D eigenvalue weighted by molar-refractivity contribution is 5.98. The SMILES string of the molecule is CCC(F)(O[Si])OC(=O)c1cccc(C(=O)O)c1.CN(C)C. The first-order chi connectivity index (χ1) is 10.1. The molecule has 0 amide bonds. The largest absolute Gasteiger partial charge is 0.478 e. The van der Waals surface area contributed by atoms with Crippen molar-refractivity contribution in [1.29, 1.82) is 0 Å². The summed E-state index contributed by atoms with van der Waals surface area (Å²) in [4.78, 5) is 24.3. The van der Waals surface area contributed by atoms with Crippen LogP contribution in [0.15, 0.2) is 24.3 Å². The van der Waals surface area contributed by atoms with Gasteiger partial charge in [0.2, 0.25) is 0 Å². The van der Waals surface area contributed by atoms with E-state index >= 15 is 0 Å². The van der Waals surface area contributed by atoms with E-state index in [2.05, 4.69) is 19.6 Å². The molecule has 0 spiro atoms. The van der Waals surface area contributed by atoms with Gasteiger partial charge >= 0.3 is 18.0 Å². The first-order valence-corrected chi connectivity index (χ1v) is 6.77. The molecule has 1 aromatic rings. The standard InChI is InChI=1S/C11H10FO5Si.C3H9N/c1-2-11(12,17-18)16-10(15)8-5-3-4-7(6-8)9(13)14;1-4(2)3/h3-6H,2H2,1H3,(H,13,14);1-3H3. The van der Waals surface area contributed by atoms with Crippen LogP contribution in [-0.2, 0) is 9.16 Å².